The van der Waals surface area contributed by atoms with Gasteiger partial charge in [0.1, 0.15) is 0 Å². The summed E-state index contributed by atoms with van der Waals surface area (Å²) in [5.74, 6) is -0.839. The van der Waals surface area contributed by atoms with Crippen LogP contribution in [0.3, 0.4) is 0 Å². The molecule has 6 nitrogen and oxygen atoms in total. The van der Waals surface area contributed by atoms with Crippen LogP contribution in [0.4, 0.5) is 4.79 Å². The summed E-state index contributed by atoms with van der Waals surface area (Å²) < 4.78 is 5.56. The monoisotopic (exact) mass is 360 g/mol. The van der Waals surface area contributed by atoms with E-state index in [1.807, 2.05) is 12.1 Å². The summed E-state index contributed by atoms with van der Waals surface area (Å²) in [6.07, 6.45) is 2.22. The van der Waals surface area contributed by atoms with E-state index in [-0.39, 0.29) is 18.0 Å². The average Bonchev–Trinajstić information content (AvgIpc) is 3.05. The number of hydrogen-bond donors (Lipinski definition) is 2. The van der Waals surface area contributed by atoms with Crippen molar-refractivity contribution in [3.8, 4) is 0 Å². The molecule has 2 heterocycles. The van der Waals surface area contributed by atoms with Gasteiger partial charge in [-0.05, 0) is 44.2 Å². The number of amides is 2. The molecule has 0 spiro atoms. The fraction of sp³-hybridized carbons (Fsp3) is 0.600. The molecule has 0 saturated carbocycles. The second-order valence-electron chi connectivity index (χ2n) is 7.90. The van der Waals surface area contributed by atoms with Gasteiger partial charge in [-0.15, -0.1) is 0 Å². The number of nitrogens with zero attached hydrogens (tertiary/aromatic N) is 1. The zero-order valence-corrected chi connectivity index (χ0v) is 15.6. The van der Waals surface area contributed by atoms with Crippen molar-refractivity contribution in [1.29, 1.82) is 0 Å². The number of carboxylic acid groups (broad SMARTS) is 1. The smallest absolute Gasteiger partial charge is 0.317 e. The molecule has 2 saturated heterocycles. The van der Waals surface area contributed by atoms with Gasteiger partial charge in [0.05, 0.1) is 5.41 Å². The van der Waals surface area contributed by atoms with Crippen molar-refractivity contribution in [3.63, 3.8) is 0 Å². The van der Waals surface area contributed by atoms with Crippen molar-refractivity contribution in [2.24, 2.45) is 5.41 Å². The van der Waals surface area contributed by atoms with E-state index in [4.69, 9.17) is 4.74 Å². The Bertz CT molecular complexity index is 684. The molecule has 142 valence electrons. The molecule has 26 heavy (non-hydrogen) atoms. The number of ether oxygens (including phenoxy) is 1. The molecule has 2 aliphatic heterocycles. The van der Waals surface area contributed by atoms with Crippen molar-refractivity contribution in [3.05, 3.63) is 35.4 Å². The molecular formula is C20H28N2O4. The van der Waals surface area contributed by atoms with Crippen LogP contribution in [-0.2, 0) is 14.9 Å². The quantitative estimate of drug-likeness (QED) is 0.865. The Kier molecular flexibility index (Phi) is 5.23. The van der Waals surface area contributed by atoms with E-state index in [1.54, 1.807) is 11.8 Å². The van der Waals surface area contributed by atoms with E-state index in [0.29, 0.717) is 32.7 Å². The van der Waals surface area contributed by atoms with E-state index in [2.05, 4.69) is 24.4 Å². The molecule has 6 heteroatoms. The molecule has 0 aliphatic carbocycles. The van der Waals surface area contributed by atoms with Crippen molar-refractivity contribution in [2.75, 3.05) is 32.8 Å². The highest BCUT2D eigenvalue weighted by atomic mass is 16.5. The molecule has 1 aromatic rings. The van der Waals surface area contributed by atoms with Crippen LogP contribution in [0.25, 0.3) is 0 Å². The molecule has 2 amide bonds. The van der Waals surface area contributed by atoms with Gasteiger partial charge < -0.3 is 20.1 Å². The van der Waals surface area contributed by atoms with Crippen LogP contribution in [0.5, 0.6) is 0 Å². The van der Waals surface area contributed by atoms with E-state index < -0.39 is 11.4 Å². The maximum absolute atomic E-state index is 12.6. The first-order valence-corrected chi connectivity index (χ1v) is 9.26. The molecular weight excluding hydrogens is 332 g/mol. The second-order valence-corrected chi connectivity index (χ2v) is 7.90. The molecule has 2 aliphatic rings. The first-order chi connectivity index (χ1) is 12.4. The first kappa shape index (κ1) is 18.7. The third kappa shape index (κ3) is 3.56. The molecule has 2 fully saturated rings. The predicted octanol–water partition coefficient (Wildman–Crippen LogP) is 2.55. The maximum atomic E-state index is 12.6. The lowest BCUT2D eigenvalue weighted by molar-refractivity contribution is -0.147. The average molecular weight is 360 g/mol. The second kappa shape index (κ2) is 7.27. The van der Waals surface area contributed by atoms with Crippen LogP contribution >= 0.6 is 0 Å². The van der Waals surface area contributed by atoms with Crippen molar-refractivity contribution < 1.29 is 19.4 Å². The van der Waals surface area contributed by atoms with E-state index in [1.165, 1.54) is 11.1 Å². The highest BCUT2D eigenvalue weighted by Crippen LogP contribution is 2.36. The Morgan fingerprint density at radius 1 is 1.23 bits per heavy atom. The molecule has 0 radical (unpaired) electrons. The van der Waals surface area contributed by atoms with E-state index in [0.717, 1.165) is 12.8 Å². The Morgan fingerprint density at radius 3 is 2.54 bits per heavy atom. The Balaban J connectivity index is 1.70. The fourth-order valence-electron chi connectivity index (χ4n) is 4.14. The number of nitrogens with one attached hydrogen (secondary N) is 1. The molecule has 0 bridgehead atoms. The van der Waals surface area contributed by atoms with Crippen LogP contribution in [-0.4, -0.2) is 54.9 Å². The van der Waals surface area contributed by atoms with Gasteiger partial charge in [-0.3, -0.25) is 4.79 Å². The lowest BCUT2D eigenvalue weighted by Gasteiger charge is -2.39. The Morgan fingerprint density at radius 2 is 1.92 bits per heavy atom. The van der Waals surface area contributed by atoms with E-state index >= 15 is 0 Å². The van der Waals surface area contributed by atoms with Crippen molar-refractivity contribution in [2.45, 2.75) is 38.5 Å². The number of carbonyl (C=O) groups is 2. The molecule has 1 atom stereocenters. The highest BCUT2D eigenvalue weighted by Gasteiger charge is 2.43. The Labute approximate surface area is 154 Å². The van der Waals surface area contributed by atoms with Gasteiger partial charge in [0.15, 0.2) is 0 Å². The summed E-state index contributed by atoms with van der Waals surface area (Å²) in [7, 11) is 0. The highest BCUT2D eigenvalue weighted by molar-refractivity contribution is 5.79. The van der Waals surface area contributed by atoms with Crippen molar-refractivity contribution in [1.82, 2.24) is 10.2 Å². The normalized spacial score (nSPS) is 25.1. The summed E-state index contributed by atoms with van der Waals surface area (Å²) in [4.78, 5) is 25.7. The number of benzene rings is 1. The number of rotatable bonds is 4. The van der Waals surface area contributed by atoms with Crippen LogP contribution in [0, 0.1) is 12.3 Å². The SMILES string of the molecule is Cc1ccccc1C1(CNC(=O)N2CCC(C)(C(=O)O)C2)CCOCC1. The topological polar surface area (TPSA) is 78.9 Å². The van der Waals surface area contributed by atoms with Gasteiger partial charge in [0.2, 0.25) is 0 Å². The fourth-order valence-corrected chi connectivity index (χ4v) is 4.14. The zero-order valence-electron chi connectivity index (χ0n) is 15.6. The molecule has 3 rings (SSSR count). The van der Waals surface area contributed by atoms with Gasteiger partial charge in [-0.25, -0.2) is 4.79 Å². The first-order valence-electron chi connectivity index (χ1n) is 9.26. The Hall–Kier alpha value is -2.08. The summed E-state index contributed by atoms with van der Waals surface area (Å²) in [5, 5.41) is 12.4. The number of carbonyl (C=O) groups excluding carboxylic acids is 1. The van der Waals surface area contributed by atoms with E-state index in [9.17, 15) is 14.7 Å². The third-order valence-corrected chi connectivity index (χ3v) is 6.02. The minimum absolute atomic E-state index is 0.130. The molecule has 1 unspecified atom stereocenters. The molecule has 0 aromatic heterocycles. The van der Waals surface area contributed by atoms with Crippen LogP contribution in [0.2, 0.25) is 0 Å². The number of urea groups is 1. The number of aliphatic carboxylic acids is 1. The predicted molar refractivity (Wildman–Crippen MR) is 98.2 cm³/mol. The number of aryl methyl sites for hydroxylation is 1. The van der Waals surface area contributed by atoms with Gasteiger partial charge in [-0.2, -0.15) is 0 Å². The molecule has 2 N–H and O–H groups in total. The summed E-state index contributed by atoms with van der Waals surface area (Å²) in [5.41, 5.74) is 1.52. The summed E-state index contributed by atoms with van der Waals surface area (Å²) in [6, 6.07) is 8.15. The summed E-state index contributed by atoms with van der Waals surface area (Å²) >= 11 is 0. The van der Waals surface area contributed by atoms with Crippen molar-refractivity contribution >= 4 is 12.0 Å². The number of hydrogen-bond acceptors (Lipinski definition) is 3. The van der Waals surface area contributed by atoms with Crippen LogP contribution in [0.1, 0.15) is 37.3 Å². The minimum Gasteiger partial charge on any atom is -0.481 e. The van der Waals surface area contributed by atoms with Crippen LogP contribution in [0.15, 0.2) is 24.3 Å². The largest absolute Gasteiger partial charge is 0.481 e. The minimum atomic E-state index is -0.844. The standard InChI is InChI=1S/C20H28N2O4/c1-15-5-3-4-6-16(15)20(8-11-26-12-9-20)13-21-18(25)22-10-7-19(2,14-22)17(23)24/h3-6H,7-14H2,1-2H3,(H,21,25)(H,23,24). The van der Waals surface area contributed by atoms with Crippen LogP contribution < -0.4 is 5.32 Å². The maximum Gasteiger partial charge on any atom is 0.317 e. The third-order valence-electron chi connectivity index (χ3n) is 6.02. The van der Waals surface area contributed by atoms with Gasteiger partial charge in [0, 0.05) is 38.3 Å². The van der Waals surface area contributed by atoms with Gasteiger partial charge >= 0.3 is 12.0 Å². The number of likely N-dealkylation sites (tertiary alicyclic amines) is 1. The lowest BCUT2D eigenvalue weighted by Crippen LogP contribution is -2.49. The molecule has 1 aromatic carbocycles. The summed E-state index contributed by atoms with van der Waals surface area (Å²) in [6.45, 7) is 6.46. The van der Waals surface area contributed by atoms with Gasteiger partial charge in [0.25, 0.3) is 0 Å². The zero-order chi connectivity index (χ0) is 18.8. The lowest BCUT2D eigenvalue weighted by atomic mass is 9.72. The number of carboxylic acids is 1. The van der Waals surface area contributed by atoms with Gasteiger partial charge in [-0.1, -0.05) is 24.3 Å².